The number of aromatic carboxylic acids is 1. The van der Waals surface area contributed by atoms with E-state index in [2.05, 4.69) is 35.8 Å². The minimum Gasteiger partial charge on any atom is -0.478 e. The third-order valence-corrected chi connectivity index (χ3v) is 3.41. The molecule has 2 aromatic rings. The summed E-state index contributed by atoms with van der Waals surface area (Å²) in [6, 6.07) is 5.65. The molecule has 3 nitrogen and oxygen atoms in total. The molecule has 90 valence electrons. The summed E-state index contributed by atoms with van der Waals surface area (Å²) >= 11 is 3.35. The molecule has 1 aromatic carbocycles. The Morgan fingerprint density at radius 1 is 1.35 bits per heavy atom. The molecule has 2 rings (SSSR count). The molecule has 0 spiro atoms. The second-order valence-electron chi connectivity index (χ2n) is 4.48. The second kappa shape index (κ2) is 4.18. The molecule has 0 amide bonds. The predicted molar refractivity (Wildman–Crippen MR) is 71.7 cm³/mol. The van der Waals surface area contributed by atoms with Gasteiger partial charge in [-0.15, -0.1) is 0 Å². The van der Waals surface area contributed by atoms with Crippen LogP contribution in [0.3, 0.4) is 0 Å². The molecule has 0 fully saturated rings. The van der Waals surface area contributed by atoms with Gasteiger partial charge in [-0.3, -0.25) is 0 Å². The molecule has 1 N–H and O–H groups in total. The van der Waals surface area contributed by atoms with Crippen LogP contribution in [0.25, 0.3) is 10.9 Å². The fraction of sp³-hybridized carbons (Fsp3) is 0.308. The molecule has 0 unspecified atom stereocenters. The number of carboxylic acid groups (broad SMARTS) is 1. The average molecular weight is 296 g/mol. The van der Waals surface area contributed by atoms with Crippen LogP contribution >= 0.6 is 15.9 Å². The lowest BCUT2D eigenvalue weighted by Gasteiger charge is -2.08. The molecule has 0 bridgehead atoms. The number of aromatic nitrogens is 1. The number of benzene rings is 1. The van der Waals surface area contributed by atoms with E-state index in [1.54, 1.807) is 6.07 Å². The van der Waals surface area contributed by atoms with E-state index in [-0.39, 0.29) is 0 Å². The number of halogens is 1. The average Bonchev–Trinajstić information content (AvgIpc) is 2.54. The highest BCUT2D eigenvalue weighted by Crippen LogP contribution is 2.29. The number of rotatable bonds is 2. The molecule has 1 aromatic heterocycles. The number of aryl methyl sites for hydroxylation is 1. The first-order valence-electron chi connectivity index (χ1n) is 5.44. The topological polar surface area (TPSA) is 42.2 Å². The molecule has 0 atom stereocenters. The van der Waals surface area contributed by atoms with Gasteiger partial charge >= 0.3 is 5.97 Å². The summed E-state index contributed by atoms with van der Waals surface area (Å²) < 4.78 is 2.76. The number of nitrogens with zero attached hydrogens (tertiary/aromatic N) is 1. The maximum absolute atomic E-state index is 11.3. The van der Waals surface area contributed by atoms with Crippen molar-refractivity contribution in [3.8, 4) is 0 Å². The van der Waals surface area contributed by atoms with E-state index in [4.69, 9.17) is 0 Å². The van der Waals surface area contributed by atoms with Crippen molar-refractivity contribution in [2.24, 2.45) is 7.05 Å². The molecule has 17 heavy (non-hydrogen) atoms. The van der Waals surface area contributed by atoms with Crippen LogP contribution < -0.4 is 0 Å². The van der Waals surface area contributed by atoms with Crippen LogP contribution in [0.5, 0.6) is 0 Å². The van der Waals surface area contributed by atoms with Crippen LogP contribution in [0.15, 0.2) is 22.7 Å². The Hall–Kier alpha value is -1.29. The monoisotopic (exact) mass is 295 g/mol. The third kappa shape index (κ3) is 1.97. The molecule has 0 aliphatic rings. The molecule has 4 heteroatoms. The fourth-order valence-electron chi connectivity index (χ4n) is 2.21. The highest BCUT2D eigenvalue weighted by Gasteiger charge is 2.16. The minimum absolute atomic E-state index is 0.337. The van der Waals surface area contributed by atoms with Gasteiger partial charge in [0.1, 0.15) is 0 Å². The molecule has 0 aliphatic carbocycles. The number of hydrogen-bond donors (Lipinski definition) is 1. The summed E-state index contributed by atoms with van der Waals surface area (Å²) in [5.74, 6) is -0.527. The SMILES string of the molecule is CC(C)c1cc2cc(Br)cc(C(=O)O)c2n1C. The normalized spacial score (nSPS) is 11.4. The van der Waals surface area contributed by atoms with Gasteiger partial charge in [-0.05, 0) is 24.1 Å². The Morgan fingerprint density at radius 2 is 2.00 bits per heavy atom. The van der Waals surface area contributed by atoms with E-state index in [1.165, 1.54) is 0 Å². The lowest BCUT2D eigenvalue weighted by Crippen LogP contribution is -2.03. The standard InChI is InChI=1S/C13H14BrNO2/c1-7(2)11-5-8-4-9(14)6-10(13(16)17)12(8)15(11)3/h4-7H,1-3H3,(H,16,17). The number of hydrogen-bond acceptors (Lipinski definition) is 1. The highest BCUT2D eigenvalue weighted by molar-refractivity contribution is 9.10. The summed E-state index contributed by atoms with van der Waals surface area (Å²) in [7, 11) is 1.91. The first kappa shape index (κ1) is 12.2. The van der Waals surface area contributed by atoms with Gasteiger partial charge in [0.2, 0.25) is 0 Å². The summed E-state index contributed by atoms with van der Waals surface area (Å²) in [4.78, 5) is 11.3. The molecule has 0 aliphatic heterocycles. The fourth-order valence-corrected chi connectivity index (χ4v) is 2.68. The van der Waals surface area contributed by atoms with Crippen molar-refractivity contribution < 1.29 is 9.90 Å². The molecular weight excluding hydrogens is 282 g/mol. The molecule has 0 saturated carbocycles. The van der Waals surface area contributed by atoms with Crippen molar-refractivity contribution in [3.63, 3.8) is 0 Å². The Bertz CT molecular complexity index is 599. The Morgan fingerprint density at radius 3 is 2.53 bits per heavy atom. The van der Waals surface area contributed by atoms with Crippen LogP contribution in [0.4, 0.5) is 0 Å². The maximum Gasteiger partial charge on any atom is 0.337 e. The third-order valence-electron chi connectivity index (χ3n) is 2.95. The van der Waals surface area contributed by atoms with Gasteiger partial charge in [-0.1, -0.05) is 29.8 Å². The van der Waals surface area contributed by atoms with Gasteiger partial charge in [0, 0.05) is 22.6 Å². The Labute approximate surface area is 108 Å². The zero-order chi connectivity index (χ0) is 12.7. The van der Waals surface area contributed by atoms with E-state index in [1.807, 2.05) is 17.7 Å². The summed E-state index contributed by atoms with van der Waals surface area (Å²) in [5.41, 5.74) is 2.26. The van der Waals surface area contributed by atoms with Crippen LogP contribution in [-0.4, -0.2) is 15.6 Å². The van der Waals surface area contributed by atoms with Crippen molar-refractivity contribution >= 4 is 32.8 Å². The first-order chi connectivity index (χ1) is 7.91. The van der Waals surface area contributed by atoms with Gasteiger partial charge in [0.15, 0.2) is 0 Å². The van der Waals surface area contributed by atoms with E-state index in [0.717, 1.165) is 21.1 Å². The zero-order valence-electron chi connectivity index (χ0n) is 9.99. The number of fused-ring (bicyclic) bond motifs is 1. The Kier molecular flexibility index (Phi) is 3.00. The molecular formula is C13H14BrNO2. The van der Waals surface area contributed by atoms with Crippen molar-refractivity contribution in [3.05, 3.63) is 33.9 Å². The second-order valence-corrected chi connectivity index (χ2v) is 5.39. The van der Waals surface area contributed by atoms with Gasteiger partial charge < -0.3 is 9.67 Å². The quantitative estimate of drug-likeness (QED) is 0.916. The summed E-state index contributed by atoms with van der Waals surface area (Å²) in [6.45, 7) is 4.20. The Balaban J connectivity index is 2.87. The van der Waals surface area contributed by atoms with E-state index < -0.39 is 5.97 Å². The minimum atomic E-state index is -0.896. The van der Waals surface area contributed by atoms with Crippen LogP contribution in [0.2, 0.25) is 0 Å². The van der Waals surface area contributed by atoms with E-state index >= 15 is 0 Å². The predicted octanol–water partition coefficient (Wildman–Crippen LogP) is 3.76. The van der Waals surface area contributed by atoms with Crippen LogP contribution in [0.1, 0.15) is 35.8 Å². The van der Waals surface area contributed by atoms with Crippen LogP contribution in [0, 0.1) is 0 Å². The summed E-state index contributed by atoms with van der Waals surface area (Å²) in [6.07, 6.45) is 0. The molecule has 1 heterocycles. The molecule has 0 saturated heterocycles. The maximum atomic E-state index is 11.3. The van der Waals surface area contributed by atoms with Crippen LogP contribution in [-0.2, 0) is 7.05 Å². The summed E-state index contributed by atoms with van der Waals surface area (Å²) in [5, 5.41) is 10.2. The lowest BCUT2D eigenvalue weighted by atomic mass is 10.1. The van der Waals surface area contributed by atoms with Crippen molar-refractivity contribution in [1.82, 2.24) is 4.57 Å². The van der Waals surface area contributed by atoms with Crippen molar-refractivity contribution in [1.29, 1.82) is 0 Å². The van der Waals surface area contributed by atoms with Gasteiger partial charge in [0.25, 0.3) is 0 Å². The van der Waals surface area contributed by atoms with Gasteiger partial charge in [-0.2, -0.15) is 0 Å². The highest BCUT2D eigenvalue weighted by atomic mass is 79.9. The lowest BCUT2D eigenvalue weighted by molar-refractivity contribution is 0.0698. The molecule has 0 radical (unpaired) electrons. The number of carboxylic acids is 1. The smallest absolute Gasteiger partial charge is 0.337 e. The largest absolute Gasteiger partial charge is 0.478 e. The number of carbonyl (C=O) groups is 1. The van der Waals surface area contributed by atoms with E-state index in [9.17, 15) is 9.90 Å². The van der Waals surface area contributed by atoms with Crippen molar-refractivity contribution in [2.45, 2.75) is 19.8 Å². The van der Waals surface area contributed by atoms with Gasteiger partial charge in [0.05, 0.1) is 11.1 Å². The first-order valence-corrected chi connectivity index (χ1v) is 6.23. The van der Waals surface area contributed by atoms with Gasteiger partial charge in [-0.25, -0.2) is 4.79 Å². The zero-order valence-corrected chi connectivity index (χ0v) is 11.6. The van der Waals surface area contributed by atoms with Crippen molar-refractivity contribution in [2.75, 3.05) is 0 Å². The van der Waals surface area contributed by atoms with E-state index in [0.29, 0.717) is 11.5 Å².